The van der Waals surface area contributed by atoms with Crippen molar-refractivity contribution in [3.63, 3.8) is 0 Å². The number of hydrogen-bond donors (Lipinski definition) is 1. The summed E-state index contributed by atoms with van der Waals surface area (Å²) in [6, 6.07) is 3.28. The van der Waals surface area contributed by atoms with E-state index in [1.165, 1.54) is 0 Å². The van der Waals surface area contributed by atoms with Crippen LogP contribution in [0.2, 0.25) is 0 Å². The second kappa shape index (κ2) is 5.79. The lowest BCUT2D eigenvalue weighted by atomic mass is 10.2. The van der Waals surface area contributed by atoms with E-state index in [1.807, 2.05) is 13.0 Å². The van der Waals surface area contributed by atoms with Crippen LogP contribution in [0, 0.1) is 0 Å². The Kier molecular flexibility index (Phi) is 3.99. The maximum Gasteiger partial charge on any atom is 0.243 e. The third kappa shape index (κ3) is 2.54. The zero-order valence-electron chi connectivity index (χ0n) is 12.7. The first-order valence-electron chi connectivity index (χ1n) is 7.27. The first kappa shape index (κ1) is 15.1. The molecule has 2 atom stereocenters. The fraction of sp³-hybridized carbons (Fsp3) is 0.533. The highest BCUT2D eigenvalue weighted by Gasteiger charge is 2.52. The molecule has 0 radical (unpaired) electrons. The number of nitrogens with zero attached hydrogens (tertiary/aromatic N) is 2. The Morgan fingerprint density at radius 1 is 1.64 bits per heavy atom. The molecule has 3 rings (SSSR count). The molecule has 118 valence electrons. The summed E-state index contributed by atoms with van der Waals surface area (Å²) in [5.41, 5.74) is 0.819. The van der Waals surface area contributed by atoms with Crippen molar-refractivity contribution in [3.05, 3.63) is 23.9 Å². The van der Waals surface area contributed by atoms with Gasteiger partial charge in [-0.3, -0.25) is 9.59 Å². The van der Waals surface area contributed by atoms with E-state index >= 15 is 0 Å². The SMILES string of the molecule is COc1ncccc1CNC(=O)[C@H]1CS[C@@]2(C)CCC(=O)N12. The minimum Gasteiger partial charge on any atom is -0.481 e. The van der Waals surface area contributed by atoms with Gasteiger partial charge in [0.25, 0.3) is 0 Å². The highest BCUT2D eigenvalue weighted by Crippen LogP contribution is 2.47. The van der Waals surface area contributed by atoms with E-state index in [1.54, 1.807) is 36.0 Å². The summed E-state index contributed by atoms with van der Waals surface area (Å²) in [5.74, 6) is 1.12. The zero-order chi connectivity index (χ0) is 15.7. The van der Waals surface area contributed by atoms with Crippen molar-refractivity contribution in [3.8, 4) is 5.88 Å². The molecule has 2 saturated heterocycles. The van der Waals surface area contributed by atoms with Crippen molar-refractivity contribution in [2.45, 2.75) is 37.2 Å². The Morgan fingerprint density at radius 2 is 2.45 bits per heavy atom. The summed E-state index contributed by atoms with van der Waals surface area (Å²) in [4.78, 5) is 30.2. The second-order valence-corrected chi connectivity index (χ2v) is 7.16. The lowest BCUT2D eigenvalue weighted by Gasteiger charge is -2.29. The number of ether oxygens (including phenoxy) is 1. The second-order valence-electron chi connectivity index (χ2n) is 5.66. The van der Waals surface area contributed by atoms with E-state index in [2.05, 4.69) is 10.3 Å². The molecule has 0 bridgehead atoms. The average molecular weight is 321 g/mol. The number of hydrogen-bond acceptors (Lipinski definition) is 5. The van der Waals surface area contributed by atoms with Gasteiger partial charge in [-0.2, -0.15) is 0 Å². The number of pyridine rings is 1. The number of aromatic nitrogens is 1. The number of thioether (sulfide) groups is 1. The van der Waals surface area contributed by atoms with E-state index in [9.17, 15) is 9.59 Å². The first-order chi connectivity index (χ1) is 10.5. The summed E-state index contributed by atoms with van der Waals surface area (Å²) >= 11 is 1.69. The van der Waals surface area contributed by atoms with Crippen molar-refractivity contribution < 1.29 is 14.3 Å². The first-order valence-corrected chi connectivity index (χ1v) is 8.25. The van der Waals surface area contributed by atoms with Crippen molar-refractivity contribution in [2.24, 2.45) is 0 Å². The molecule has 2 aliphatic heterocycles. The highest BCUT2D eigenvalue weighted by atomic mass is 32.2. The standard InChI is InChI=1S/C15H19N3O3S/c1-15-6-5-12(19)18(15)11(9-22-15)13(20)17-8-10-4-3-7-16-14(10)21-2/h3-4,7,11H,5-6,8-9H2,1-2H3,(H,17,20)/t11-,15+/m1/s1. The molecule has 2 fully saturated rings. The Labute approximate surface area is 133 Å². The van der Waals surface area contributed by atoms with Crippen LogP contribution in [-0.2, 0) is 16.1 Å². The van der Waals surface area contributed by atoms with E-state index in [0.717, 1.165) is 12.0 Å². The van der Waals surface area contributed by atoms with Gasteiger partial charge < -0.3 is 15.0 Å². The lowest BCUT2D eigenvalue weighted by Crippen LogP contribution is -2.49. The molecule has 22 heavy (non-hydrogen) atoms. The number of methoxy groups -OCH3 is 1. The molecule has 2 amide bonds. The fourth-order valence-corrected chi connectivity index (χ4v) is 4.49. The van der Waals surface area contributed by atoms with Crippen LogP contribution in [0.15, 0.2) is 18.3 Å². The molecule has 1 N–H and O–H groups in total. The van der Waals surface area contributed by atoms with Crippen LogP contribution in [0.3, 0.4) is 0 Å². The number of rotatable bonds is 4. The molecule has 0 saturated carbocycles. The third-order valence-corrected chi connectivity index (χ3v) is 5.75. The highest BCUT2D eigenvalue weighted by molar-refractivity contribution is 8.01. The van der Waals surface area contributed by atoms with Gasteiger partial charge in [0, 0.05) is 30.5 Å². The van der Waals surface area contributed by atoms with Gasteiger partial charge in [-0.1, -0.05) is 6.07 Å². The minimum atomic E-state index is -0.382. The minimum absolute atomic E-state index is 0.0756. The van der Waals surface area contributed by atoms with Gasteiger partial charge in [-0.05, 0) is 19.4 Å². The van der Waals surface area contributed by atoms with Gasteiger partial charge in [0.2, 0.25) is 17.7 Å². The van der Waals surface area contributed by atoms with Gasteiger partial charge in [-0.25, -0.2) is 4.98 Å². The summed E-state index contributed by atoms with van der Waals surface area (Å²) in [5, 5.41) is 2.90. The smallest absolute Gasteiger partial charge is 0.243 e. The van der Waals surface area contributed by atoms with Crippen LogP contribution in [0.1, 0.15) is 25.3 Å². The number of carbonyl (C=O) groups is 2. The van der Waals surface area contributed by atoms with Crippen LogP contribution < -0.4 is 10.1 Å². The Hall–Kier alpha value is -1.76. The van der Waals surface area contributed by atoms with E-state index in [4.69, 9.17) is 4.74 Å². The molecule has 2 aliphatic rings. The van der Waals surface area contributed by atoms with Crippen molar-refractivity contribution >= 4 is 23.6 Å². The molecular weight excluding hydrogens is 302 g/mol. The van der Waals surface area contributed by atoms with Crippen molar-refractivity contribution in [1.29, 1.82) is 0 Å². The normalized spacial score (nSPS) is 26.9. The van der Waals surface area contributed by atoms with Crippen molar-refractivity contribution in [2.75, 3.05) is 12.9 Å². The van der Waals surface area contributed by atoms with Gasteiger partial charge in [0.05, 0.1) is 12.0 Å². The summed E-state index contributed by atoms with van der Waals surface area (Å²) in [6.45, 7) is 2.38. The molecule has 7 heteroatoms. The predicted octanol–water partition coefficient (Wildman–Crippen LogP) is 1.16. The molecular formula is C15H19N3O3S. The maximum absolute atomic E-state index is 12.5. The molecule has 0 unspecified atom stereocenters. The van der Waals surface area contributed by atoms with Crippen molar-refractivity contribution in [1.82, 2.24) is 15.2 Å². The van der Waals surface area contributed by atoms with Gasteiger partial charge in [0.15, 0.2) is 0 Å². The van der Waals surface area contributed by atoms with Crippen LogP contribution in [0.4, 0.5) is 0 Å². The molecule has 0 aliphatic carbocycles. The Morgan fingerprint density at radius 3 is 3.23 bits per heavy atom. The van der Waals surface area contributed by atoms with Crippen LogP contribution in [-0.4, -0.2) is 45.5 Å². The van der Waals surface area contributed by atoms with Crippen LogP contribution in [0.25, 0.3) is 0 Å². The Bertz CT molecular complexity index is 609. The quantitative estimate of drug-likeness (QED) is 0.901. The monoisotopic (exact) mass is 321 g/mol. The molecule has 0 aromatic carbocycles. The predicted molar refractivity (Wildman–Crippen MR) is 83.4 cm³/mol. The number of carbonyl (C=O) groups excluding carboxylic acids is 2. The largest absolute Gasteiger partial charge is 0.481 e. The maximum atomic E-state index is 12.5. The average Bonchev–Trinajstić information content (AvgIpc) is 3.02. The summed E-state index contributed by atoms with van der Waals surface area (Å²) in [6.07, 6.45) is 2.99. The lowest BCUT2D eigenvalue weighted by molar-refractivity contribution is -0.138. The molecule has 0 spiro atoms. The molecule has 1 aromatic rings. The van der Waals surface area contributed by atoms with Gasteiger partial charge in [-0.15, -0.1) is 11.8 Å². The number of amides is 2. The van der Waals surface area contributed by atoms with Crippen LogP contribution in [0.5, 0.6) is 5.88 Å². The number of nitrogens with one attached hydrogen (secondary N) is 1. The van der Waals surface area contributed by atoms with E-state index in [-0.39, 0.29) is 22.7 Å². The van der Waals surface area contributed by atoms with E-state index < -0.39 is 0 Å². The third-order valence-electron chi connectivity index (χ3n) is 4.24. The zero-order valence-corrected chi connectivity index (χ0v) is 13.5. The Balaban J connectivity index is 1.67. The van der Waals surface area contributed by atoms with Gasteiger partial charge in [0.1, 0.15) is 6.04 Å². The molecule has 3 heterocycles. The van der Waals surface area contributed by atoms with E-state index in [0.29, 0.717) is 24.6 Å². The molecule has 6 nitrogen and oxygen atoms in total. The fourth-order valence-electron chi connectivity index (χ4n) is 3.06. The van der Waals surface area contributed by atoms with Crippen LogP contribution >= 0.6 is 11.8 Å². The topological polar surface area (TPSA) is 71.5 Å². The molecule has 1 aromatic heterocycles. The van der Waals surface area contributed by atoms with Gasteiger partial charge >= 0.3 is 0 Å². The summed E-state index contributed by atoms with van der Waals surface area (Å²) in [7, 11) is 1.55. The number of fused-ring (bicyclic) bond motifs is 1. The summed E-state index contributed by atoms with van der Waals surface area (Å²) < 4.78 is 5.17.